The third-order valence-corrected chi connectivity index (χ3v) is 4.67. The Morgan fingerprint density at radius 1 is 1.27 bits per heavy atom. The highest BCUT2D eigenvalue weighted by atomic mass is 32.1. The van der Waals surface area contributed by atoms with E-state index in [0.717, 1.165) is 16.2 Å². The summed E-state index contributed by atoms with van der Waals surface area (Å²) in [6.45, 7) is -0.336. The second-order valence-corrected chi connectivity index (χ2v) is 6.91. The summed E-state index contributed by atoms with van der Waals surface area (Å²) in [6.07, 6.45) is 0.327. The molecule has 1 aliphatic heterocycles. The van der Waals surface area contributed by atoms with E-state index >= 15 is 0 Å². The van der Waals surface area contributed by atoms with Gasteiger partial charge in [-0.05, 0) is 12.1 Å². The number of benzene rings is 1. The van der Waals surface area contributed by atoms with Crippen molar-refractivity contribution in [3.8, 4) is 5.19 Å². The highest BCUT2D eigenvalue weighted by Crippen LogP contribution is 2.24. The molecule has 9 heteroatoms. The first-order valence-corrected chi connectivity index (χ1v) is 8.63. The SMILES string of the molecule is CN(C)C(=O)c1cnc(OCC(O)CN2C(=O)c3ccccc3C2=O)s1. The van der Waals surface area contributed by atoms with E-state index in [0.29, 0.717) is 16.0 Å². The fourth-order valence-electron chi connectivity index (χ4n) is 2.48. The minimum absolute atomic E-state index is 0.156. The molecule has 0 spiro atoms. The van der Waals surface area contributed by atoms with E-state index in [-0.39, 0.29) is 24.3 Å². The van der Waals surface area contributed by atoms with E-state index in [1.54, 1.807) is 38.4 Å². The van der Waals surface area contributed by atoms with Crippen molar-refractivity contribution in [3.63, 3.8) is 0 Å². The molecule has 3 rings (SSSR count). The molecule has 8 nitrogen and oxygen atoms in total. The normalized spacial score (nSPS) is 14.3. The maximum atomic E-state index is 12.3. The van der Waals surface area contributed by atoms with Crippen LogP contribution in [0.3, 0.4) is 0 Å². The highest BCUT2D eigenvalue weighted by Gasteiger charge is 2.36. The van der Waals surface area contributed by atoms with Crippen molar-refractivity contribution < 1.29 is 24.2 Å². The predicted octanol–water partition coefficient (Wildman–Crippen LogP) is 0.881. The van der Waals surface area contributed by atoms with E-state index in [2.05, 4.69) is 4.98 Å². The van der Waals surface area contributed by atoms with Crippen LogP contribution in [0.25, 0.3) is 0 Å². The van der Waals surface area contributed by atoms with Crippen molar-refractivity contribution in [1.82, 2.24) is 14.8 Å². The summed E-state index contributed by atoms with van der Waals surface area (Å²) < 4.78 is 5.37. The number of thiazole rings is 1. The number of fused-ring (bicyclic) bond motifs is 1. The molecule has 0 aliphatic carbocycles. The summed E-state index contributed by atoms with van der Waals surface area (Å²) in [7, 11) is 3.27. The number of nitrogens with zero attached hydrogens (tertiary/aromatic N) is 3. The van der Waals surface area contributed by atoms with Gasteiger partial charge in [-0.15, -0.1) is 0 Å². The van der Waals surface area contributed by atoms with Gasteiger partial charge in [0, 0.05) is 14.1 Å². The second kappa shape index (κ2) is 7.22. The average Bonchev–Trinajstić information content (AvgIpc) is 3.19. The number of amides is 3. The lowest BCUT2D eigenvalue weighted by Gasteiger charge is -2.18. The number of imide groups is 1. The number of carbonyl (C=O) groups is 3. The maximum Gasteiger partial charge on any atom is 0.273 e. The van der Waals surface area contributed by atoms with Gasteiger partial charge in [-0.3, -0.25) is 19.3 Å². The Morgan fingerprint density at radius 3 is 2.46 bits per heavy atom. The first kappa shape index (κ1) is 18.0. The molecule has 0 saturated heterocycles. The lowest BCUT2D eigenvalue weighted by molar-refractivity contribution is 0.0456. The predicted molar refractivity (Wildman–Crippen MR) is 93.4 cm³/mol. The van der Waals surface area contributed by atoms with E-state index in [9.17, 15) is 19.5 Å². The quantitative estimate of drug-likeness (QED) is 0.753. The van der Waals surface area contributed by atoms with Gasteiger partial charge in [0.25, 0.3) is 22.9 Å². The Kier molecular flexibility index (Phi) is 5.01. The summed E-state index contributed by atoms with van der Waals surface area (Å²) in [4.78, 5) is 43.2. The molecule has 1 atom stereocenters. The van der Waals surface area contributed by atoms with Crippen molar-refractivity contribution in [3.05, 3.63) is 46.5 Å². The summed E-state index contributed by atoms with van der Waals surface area (Å²) >= 11 is 1.06. The molecule has 0 radical (unpaired) electrons. The largest absolute Gasteiger partial charge is 0.467 e. The number of aliphatic hydroxyl groups is 1. The van der Waals surface area contributed by atoms with Crippen molar-refractivity contribution in [1.29, 1.82) is 0 Å². The van der Waals surface area contributed by atoms with Crippen LogP contribution in [-0.2, 0) is 0 Å². The first-order chi connectivity index (χ1) is 12.4. The number of aromatic nitrogens is 1. The van der Waals surface area contributed by atoms with E-state index < -0.39 is 17.9 Å². The number of ether oxygens (including phenoxy) is 1. The minimum Gasteiger partial charge on any atom is -0.467 e. The van der Waals surface area contributed by atoms with E-state index in [1.165, 1.54) is 11.1 Å². The van der Waals surface area contributed by atoms with Crippen molar-refractivity contribution in [2.45, 2.75) is 6.10 Å². The molecule has 26 heavy (non-hydrogen) atoms. The molecule has 0 saturated carbocycles. The molecule has 1 unspecified atom stereocenters. The number of aliphatic hydroxyl groups excluding tert-OH is 1. The smallest absolute Gasteiger partial charge is 0.273 e. The molecule has 1 N–H and O–H groups in total. The number of rotatable bonds is 6. The Labute approximate surface area is 153 Å². The van der Waals surface area contributed by atoms with Gasteiger partial charge in [0.1, 0.15) is 17.6 Å². The maximum absolute atomic E-state index is 12.3. The Hall–Kier alpha value is -2.78. The van der Waals surface area contributed by atoms with Crippen LogP contribution in [0.1, 0.15) is 30.4 Å². The van der Waals surface area contributed by atoms with Crippen molar-refractivity contribution in [2.75, 3.05) is 27.2 Å². The van der Waals surface area contributed by atoms with Crippen molar-refractivity contribution >= 4 is 29.1 Å². The summed E-state index contributed by atoms with van der Waals surface area (Å²) in [6, 6.07) is 6.53. The van der Waals surface area contributed by atoms with Crippen LogP contribution >= 0.6 is 11.3 Å². The van der Waals surface area contributed by atoms with Gasteiger partial charge in [0.05, 0.1) is 23.9 Å². The average molecular weight is 375 g/mol. The van der Waals surface area contributed by atoms with Gasteiger partial charge in [0.15, 0.2) is 0 Å². The number of hydrogen-bond donors (Lipinski definition) is 1. The monoisotopic (exact) mass is 375 g/mol. The molecular formula is C17H17N3O5S. The van der Waals surface area contributed by atoms with Gasteiger partial charge in [-0.25, -0.2) is 4.98 Å². The Morgan fingerprint density at radius 2 is 1.88 bits per heavy atom. The summed E-state index contributed by atoms with van der Waals surface area (Å²) in [5, 5.41) is 10.4. The molecule has 0 bridgehead atoms. The van der Waals surface area contributed by atoms with E-state index in [4.69, 9.17) is 4.74 Å². The third kappa shape index (κ3) is 3.44. The Balaban J connectivity index is 1.57. The van der Waals surface area contributed by atoms with Crippen LogP contribution in [-0.4, -0.2) is 71.0 Å². The molecule has 2 heterocycles. The lowest BCUT2D eigenvalue weighted by atomic mass is 10.1. The zero-order valence-corrected chi connectivity index (χ0v) is 15.0. The second-order valence-electron chi connectivity index (χ2n) is 5.92. The molecule has 2 aromatic rings. The minimum atomic E-state index is -1.07. The lowest BCUT2D eigenvalue weighted by Crippen LogP contribution is -2.39. The fourth-order valence-corrected chi connectivity index (χ4v) is 3.28. The standard InChI is InChI=1S/C17H17N3O5S/c1-19(2)16(24)13-7-18-17(26-13)25-9-10(21)8-20-14(22)11-5-3-4-6-12(11)15(20)23/h3-7,10,21H,8-9H2,1-2H3. The van der Waals surface area contributed by atoms with Gasteiger partial charge in [-0.2, -0.15) is 0 Å². The number of β-amino-alcohol motifs (C(OH)–C–C–N with tert-alkyl or cyclic N) is 1. The fraction of sp³-hybridized carbons (Fsp3) is 0.294. The van der Waals surface area contributed by atoms with Crippen LogP contribution in [0.15, 0.2) is 30.5 Å². The number of hydrogen-bond acceptors (Lipinski definition) is 7. The van der Waals surface area contributed by atoms with Gasteiger partial charge >= 0.3 is 0 Å². The van der Waals surface area contributed by atoms with Crippen LogP contribution in [0.2, 0.25) is 0 Å². The molecule has 0 fully saturated rings. The van der Waals surface area contributed by atoms with Crippen LogP contribution in [0.4, 0.5) is 0 Å². The summed E-state index contributed by atoms with van der Waals surface area (Å²) in [5.74, 6) is -1.06. The summed E-state index contributed by atoms with van der Waals surface area (Å²) in [5.41, 5.74) is 0.662. The molecule has 136 valence electrons. The van der Waals surface area contributed by atoms with Crippen LogP contribution in [0.5, 0.6) is 5.19 Å². The zero-order chi connectivity index (χ0) is 18.8. The molecule has 1 aliphatic rings. The van der Waals surface area contributed by atoms with Crippen LogP contribution in [0, 0.1) is 0 Å². The number of carbonyl (C=O) groups excluding carboxylic acids is 3. The molecule has 3 amide bonds. The molecular weight excluding hydrogens is 358 g/mol. The first-order valence-electron chi connectivity index (χ1n) is 7.82. The van der Waals surface area contributed by atoms with Gasteiger partial charge in [-0.1, -0.05) is 23.5 Å². The zero-order valence-electron chi connectivity index (χ0n) is 14.2. The van der Waals surface area contributed by atoms with Crippen LogP contribution < -0.4 is 4.74 Å². The third-order valence-electron chi connectivity index (χ3n) is 3.77. The van der Waals surface area contributed by atoms with E-state index in [1.807, 2.05) is 0 Å². The Bertz CT molecular complexity index is 829. The highest BCUT2D eigenvalue weighted by molar-refractivity contribution is 7.15. The topological polar surface area (TPSA) is 100 Å². The molecule has 1 aromatic carbocycles. The van der Waals surface area contributed by atoms with Gasteiger partial charge in [0.2, 0.25) is 0 Å². The molecule has 1 aromatic heterocycles. The van der Waals surface area contributed by atoms with Crippen molar-refractivity contribution in [2.24, 2.45) is 0 Å². The van der Waals surface area contributed by atoms with Gasteiger partial charge < -0.3 is 14.7 Å².